The van der Waals surface area contributed by atoms with Crippen molar-refractivity contribution in [2.45, 2.75) is 25.1 Å². The normalized spacial score (nSPS) is 15.8. The Morgan fingerprint density at radius 2 is 1.70 bits per heavy atom. The first-order valence-corrected chi connectivity index (χ1v) is 11.7. The summed E-state index contributed by atoms with van der Waals surface area (Å²) in [5, 5.41) is 9.90. The molecule has 1 aliphatic heterocycles. The molecule has 0 N–H and O–H groups in total. The van der Waals surface area contributed by atoms with E-state index in [1.807, 2.05) is 21.9 Å². The van der Waals surface area contributed by atoms with Gasteiger partial charge in [0.15, 0.2) is 11.7 Å². The summed E-state index contributed by atoms with van der Waals surface area (Å²) < 4.78 is 49.9. The number of carbonyl (C=O) groups is 1. The van der Waals surface area contributed by atoms with E-state index in [9.17, 15) is 23.2 Å². The first-order valence-electron chi connectivity index (χ1n) is 11.7. The number of anilines is 2. The molecule has 1 saturated heterocycles. The summed E-state index contributed by atoms with van der Waals surface area (Å²) >= 11 is 0. The van der Waals surface area contributed by atoms with Crippen LogP contribution in [0.4, 0.5) is 24.7 Å². The highest BCUT2D eigenvalue weighted by molar-refractivity contribution is 5.85. The quantitative estimate of drug-likeness (QED) is 0.435. The molecule has 2 unspecified atom stereocenters. The van der Waals surface area contributed by atoms with Crippen molar-refractivity contribution in [3.8, 4) is 6.07 Å². The molecule has 0 radical (unpaired) electrons. The molecule has 8 nitrogen and oxygen atoms in total. The smallest absolute Gasteiger partial charge is 0.416 e. The number of alkyl halides is 3. The third kappa shape index (κ3) is 5.91. The lowest BCUT2D eigenvalue weighted by molar-refractivity contribution is -0.151. The number of hydrogen-bond acceptors (Lipinski definition) is 8. The number of benzene rings is 2. The number of halogens is 3. The van der Waals surface area contributed by atoms with Gasteiger partial charge in [-0.2, -0.15) is 18.4 Å². The highest BCUT2D eigenvalue weighted by atomic mass is 19.4. The van der Waals surface area contributed by atoms with Gasteiger partial charge in [0.1, 0.15) is 11.8 Å². The fourth-order valence-corrected chi connectivity index (χ4v) is 4.25. The molecular weight excluding hydrogens is 487 g/mol. The van der Waals surface area contributed by atoms with Crippen LogP contribution in [0.15, 0.2) is 48.5 Å². The Balaban J connectivity index is 1.61. The Morgan fingerprint density at radius 1 is 1.05 bits per heavy atom. The van der Waals surface area contributed by atoms with Crippen molar-refractivity contribution in [3.63, 3.8) is 0 Å². The predicted molar refractivity (Wildman–Crippen MR) is 131 cm³/mol. The van der Waals surface area contributed by atoms with Gasteiger partial charge in [-0.15, -0.1) is 0 Å². The van der Waals surface area contributed by atoms with Gasteiger partial charge in [-0.1, -0.05) is 18.2 Å². The number of methoxy groups -OCH3 is 1. The standard InChI is InChI=1S/C26H26F3N5O3/c1-17(16-36-2)37-25(35)20(15-30)23-24(32-22-9-4-3-8-21(22)31-23)34-12-10-33(11-13-34)19-7-5-6-18(14-19)26(27,28)29/h3-9,14,17,20H,10-13,16H2,1-2H3. The lowest BCUT2D eigenvalue weighted by Gasteiger charge is -2.37. The van der Waals surface area contributed by atoms with Crippen molar-refractivity contribution >= 4 is 28.5 Å². The van der Waals surface area contributed by atoms with Crippen LogP contribution in [0.25, 0.3) is 11.0 Å². The molecule has 2 atom stereocenters. The third-order valence-corrected chi connectivity index (χ3v) is 6.05. The van der Waals surface area contributed by atoms with Crippen LogP contribution >= 0.6 is 0 Å². The molecular formula is C26H26F3N5O3. The fourth-order valence-electron chi connectivity index (χ4n) is 4.25. The SMILES string of the molecule is COCC(C)OC(=O)C(C#N)c1nc2ccccc2nc1N1CCN(c2cccc(C(F)(F)F)c2)CC1. The summed E-state index contributed by atoms with van der Waals surface area (Å²) in [5.41, 5.74) is 1.09. The van der Waals surface area contributed by atoms with Crippen LogP contribution in [0, 0.1) is 11.3 Å². The van der Waals surface area contributed by atoms with Crippen molar-refractivity contribution in [3.05, 3.63) is 59.8 Å². The molecule has 4 rings (SSSR count). The van der Waals surface area contributed by atoms with Crippen LogP contribution in [0.5, 0.6) is 0 Å². The number of piperazine rings is 1. The van der Waals surface area contributed by atoms with Crippen LogP contribution in [-0.4, -0.2) is 61.9 Å². The maximum Gasteiger partial charge on any atom is 0.416 e. The molecule has 0 spiro atoms. The van der Waals surface area contributed by atoms with Crippen LogP contribution in [-0.2, 0) is 20.4 Å². The summed E-state index contributed by atoms with van der Waals surface area (Å²) in [6.45, 7) is 3.49. The fraction of sp³-hybridized carbons (Fsp3) is 0.385. The summed E-state index contributed by atoms with van der Waals surface area (Å²) in [5.74, 6) is -1.68. The number of fused-ring (bicyclic) bond motifs is 1. The van der Waals surface area contributed by atoms with Crippen molar-refractivity contribution in [1.29, 1.82) is 5.26 Å². The zero-order chi connectivity index (χ0) is 26.6. The van der Waals surface area contributed by atoms with Gasteiger partial charge in [0.25, 0.3) is 0 Å². The Labute approximate surface area is 212 Å². The summed E-state index contributed by atoms with van der Waals surface area (Å²) in [4.78, 5) is 26.0. The molecule has 2 aromatic carbocycles. The Bertz CT molecular complexity index is 1300. The molecule has 0 saturated carbocycles. The third-order valence-electron chi connectivity index (χ3n) is 6.05. The second-order valence-electron chi connectivity index (χ2n) is 8.71. The zero-order valence-corrected chi connectivity index (χ0v) is 20.4. The average Bonchev–Trinajstić information content (AvgIpc) is 2.88. The van der Waals surface area contributed by atoms with E-state index in [1.165, 1.54) is 13.2 Å². The molecule has 2 heterocycles. The van der Waals surface area contributed by atoms with Crippen molar-refractivity contribution in [2.75, 3.05) is 49.7 Å². The Hall–Kier alpha value is -3.91. The number of hydrogen-bond donors (Lipinski definition) is 0. The number of rotatable bonds is 7. The number of aromatic nitrogens is 2. The first kappa shape index (κ1) is 26.2. The second-order valence-corrected chi connectivity index (χ2v) is 8.71. The summed E-state index contributed by atoms with van der Waals surface area (Å²) in [7, 11) is 1.48. The Kier molecular flexibility index (Phi) is 7.78. The van der Waals surface area contributed by atoms with Gasteiger partial charge in [0.2, 0.25) is 0 Å². The summed E-state index contributed by atoms with van der Waals surface area (Å²) in [6.07, 6.45) is -4.98. The van der Waals surface area contributed by atoms with Gasteiger partial charge in [0, 0.05) is 39.0 Å². The minimum absolute atomic E-state index is 0.178. The predicted octanol–water partition coefficient (Wildman–Crippen LogP) is 4.16. The molecule has 194 valence electrons. The van der Waals surface area contributed by atoms with E-state index in [4.69, 9.17) is 14.5 Å². The van der Waals surface area contributed by atoms with Gasteiger partial charge in [-0.05, 0) is 37.3 Å². The van der Waals surface area contributed by atoms with Gasteiger partial charge < -0.3 is 19.3 Å². The van der Waals surface area contributed by atoms with Gasteiger partial charge in [-0.25, -0.2) is 9.97 Å². The number of para-hydroxylation sites is 2. The van der Waals surface area contributed by atoms with Crippen molar-refractivity contribution in [1.82, 2.24) is 9.97 Å². The minimum atomic E-state index is -4.42. The monoisotopic (exact) mass is 513 g/mol. The lowest BCUT2D eigenvalue weighted by atomic mass is 10.1. The van der Waals surface area contributed by atoms with E-state index >= 15 is 0 Å². The van der Waals surface area contributed by atoms with Crippen molar-refractivity contribution in [2.24, 2.45) is 0 Å². The Morgan fingerprint density at radius 3 is 2.32 bits per heavy atom. The first-order chi connectivity index (χ1) is 17.7. The van der Waals surface area contributed by atoms with Crippen LogP contribution in [0.2, 0.25) is 0 Å². The highest BCUT2D eigenvalue weighted by Gasteiger charge is 2.33. The van der Waals surface area contributed by atoms with E-state index in [1.54, 1.807) is 31.2 Å². The van der Waals surface area contributed by atoms with Crippen LogP contribution in [0.1, 0.15) is 24.1 Å². The number of nitrogens with zero attached hydrogens (tertiary/aromatic N) is 5. The molecule has 1 aliphatic rings. The van der Waals surface area contributed by atoms with E-state index in [0.717, 1.165) is 12.1 Å². The number of carbonyl (C=O) groups excluding carboxylic acids is 1. The molecule has 11 heteroatoms. The van der Waals surface area contributed by atoms with Crippen LogP contribution in [0.3, 0.4) is 0 Å². The molecule has 3 aromatic rings. The maximum absolute atomic E-state index is 13.2. The van der Waals surface area contributed by atoms with Gasteiger partial charge in [0.05, 0.1) is 29.3 Å². The maximum atomic E-state index is 13.2. The molecule has 1 aromatic heterocycles. The van der Waals surface area contributed by atoms with Crippen molar-refractivity contribution < 1.29 is 27.4 Å². The van der Waals surface area contributed by atoms with E-state index in [2.05, 4.69) is 4.98 Å². The zero-order valence-electron chi connectivity index (χ0n) is 20.4. The highest BCUT2D eigenvalue weighted by Crippen LogP contribution is 2.33. The topological polar surface area (TPSA) is 91.6 Å². The largest absolute Gasteiger partial charge is 0.459 e. The average molecular weight is 514 g/mol. The molecule has 1 fully saturated rings. The van der Waals surface area contributed by atoms with Gasteiger partial charge in [-0.3, -0.25) is 4.79 Å². The molecule has 0 aliphatic carbocycles. The number of ether oxygens (including phenoxy) is 2. The number of nitriles is 1. The molecule has 37 heavy (non-hydrogen) atoms. The molecule has 0 bridgehead atoms. The van der Waals surface area contributed by atoms with Crippen LogP contribution < -0.4 is 9.80 Å². The summed E-state index contributed by atoms with van der Waals surface area (Å²) in [6, 6.07) is 14.4. The number of esters is 1. The second kappa shape index (κ2) is 11.0. The minimum Gasteiger partial charge on any atom is -0.459 e. The van der Waals surface area contributed by atoms with Gasteiger partial charge >= 0.3 is 12.1 Å². The van der Waals surface area contributed by atoms with E-state index < -0.39 is 29.7 Å². The van der Waals surface area contributed by atoms with E-state index in [-0.39, 0.29) is 12.3 Å². The molecule has 0 amide bonds. The lowest BCUT2D eigenvalue weighted by Crippen LogP contribution is -2.47. The van der Waals surface area contributed by atoms with E-state index in [0.29, 0.717) is 48.7 Å².